The second kappa shape index (κ2) is 4.50. The largest absolute Gasteiger partial charge is 0.398 e. The molecule has 0 saturated carbocycles. The van der Waals surface area contributed by atoms with Crippen molar-refractivity contribution in [3.05, 3.63) is 53.0 Å². The summed E-state index contributed by atoms with van der Waals surface area (Å²) >= 11 is 3.23. The molecule has 0 atom stereocenters. The van der Waals surface area contributed by atoms with Crippen LogP contribution in [-0.2, 0) is 9.84 Å². The summed E-state index contributed by atoms with van der Waals surface area (Å²) in [5, 5.41) is 0. The molecule has 0 unspecified atom stereocenters. The highest BCUT2D eigenvalue weighted by Gasteiger charge is 2.21. The predicted octanol–water partition coefficient (Wildman–Crippen LogP) is 2.86. The van der Waals surface area contributed by atoms with Gasteiger partial charge >= 0.3 is 0 Å². The number of rotatable bonds is 2. The highest BCUT2D eigenvalue weighted by atomic mass is 79.9. The smallest absolute Gasteiger partial charge is 0.209 e. The van der Waals surface area contributed by atoms with E-state index in [0.29, 0.717) is 4.47 Å². The van der Waals surface area contributed by atoms with Crippen LogP contribution in [0, 0.1) is 0 Å². The van der Waals surface area contributed by atoms with Gasteiger partial charge in [-0.1, -0.05) is 24.3 Å². The number of nitrogen functional groups attached to an aromatic ring is 1. The van der Waals surface area contributed by atoms with Crippen LogP contribution in [0.4, 0.5) is 5.69 Å². The van der Waals surface area contributed by atoms with E-state index in [2.05, 4.69) is 15.9 Å². The molecule has 0 amide bonds. The molecule has 0 saturated heterocycles. The van der Waals surface area contributed by atoms with Crippen LogP contribution >= 0.6 is 15.9 Å². The van der Waals surface area contributed by atoms with Gasteiger partial charge in [-0.15, -0.1) is 0 Å². The zero-order chi connectivity index (χ0) is 12.5. The van der Waals surface area contributed by atoms with Crippen molar-refractivity contribution in [3.8, 4) is 0 Å². The molecule has 17 heavy (non-hydrogen) atoms. The Labute approximate surface area is 108 Å². The van der Waals surface area contributed by atoms with Crippen molar-refractivity contribution < 1.29 is 8.42 Å². The van der Waals surface area contributed by atoms with Gasteiger partial charge in [0, 0.05) is 4.47 Å². The molecule has 0 heterocycles. The minimum Gasteiger partial charge on any atom is -0.398 e. The Morgan fingerprint density at radius 3 is 2.00 bits per heavy atom. The fraction of sp³-hybridized carbons (Fsp3) is 0. The van der Waals surface area contributed by atoms with Crippen LogP contribution in [-0.4, -0.2) is 8.42 Å². The Kier molecular flexibility index (Phi) is 3.22. The lowest BCUT2D eigenvalue weighted by atomic mass is 10.3. The summed E-state index contributed by atoms with van der Waals surface area (Å²) in [5.74, 6) is 0. The molecule has 0 spiro atoms. The van der Waals surface area contributed by atoms with E-state index in [4.69, 9.17) is 5.73 Å². The van der Waals surface area contributed by atoms with Crippen LogP contribution in [0.3, 0.4) is 0 Å². The van der Waals surface area contributed by atoms with Crippen LogP contribution in [0.1, 0.15) is 0 Å². The van der Waals surface area contributed by atoms with Gasteiger partial charge in [0.05, 0.1) is 15.5 Å². The fourth-order valence-electron chi connectivity index (χ4n) is 1.51. The summed E-state index contributed by atoms with van der Waals surface area (Å²) in [6.45, 7) is 0. The molecule has 0 radical (unpaired) electrons. The van der Waals surface area contributed by atoms with Gasteiger partial charge in [0.1, 0.15) is 0 Å². The number of anilines is 1. The molecule has 0 aliphatic carbocycles. The first-order chi connectivity index (χ1) is 8.03. The molecule has 2 aromatic carbocycles. The molecular weight excluding hydrogens is 302 g/mol. The maximum Gasteiger partial charge on any atom is 0.209 e. The molecule has 0 bridgehead atoms. The SMILES string of the molecule is Nc1ccccc1S(=O)(=O)c1ccccc1Br. The number of para-hydroxylation sites is 1. The third-order valence-electron chi connectivity index (χ3n) is 2.33. The maximum absolute atomic E-state index is 12.4. The number of hydrogen-bond donors (Lipinski definition) is 1. The number of benzene rings is 2. The van der Waals surface area contributed by atoms with Crippen LogP contribution < -0.4 is 5.73 Å². The van der Waals surface area contributed by atoms with Gasteiger partial charge in [-0.05, 0) is 40.2 Å². The minimum absolute atomic E-state index is 0.131. The highest BCUT2D eigenvalue weighted by Crippen LogP contribution is 2.30. The lowest BCUT2D eigenvalue weighted by Crippen LogP contribution is -2.05. The van der Waals surface area contributed by atoms with Crippen molar-refractivity contribution in [2.45, 2.75) is 9.79 Å². The van der Waals surface area contributed by atoms with Gasteiger partial charge in [-0.2, -0.15) is 0 Å². The van der Waals surface area contributed by atoms with Gasteiger partial charge in [0.15, 0.2) is 0 Å². The molecule has 2 rings (SSSR count). The zero-order valence-electron chi connectivity index (χ0n) is 8.80. The Balaban J connectivity index is 2.67. The highest BCUT2D eigenvalue weighted by molar-refractivity contribution is 9.10. The van der Waals surface area contributed by atoms with Crippen molar-refractivity contribution in [1.82, 2.24) is 0 Å². The van der Waals surface area contributed by atoms with E-state index in [0.717, 1.165) is 0 Å². The lowest BCUT2D eigenvalue weighted by molar-refractivity contribution is 0.596. The summed E-state index contributed by atoms with van der Waals surface area (Å²) in [5.41, 5.74) is 5.95. The molecule has 5 heteroatoms. The van der Waals surface area contributed by atoms with Crippen molar-refractivity contribution in [2.75, 3.05) is 5.73 Å². The predicted molar refractivity (Wildman–Crippen MR) is 70.4 cm³/mol. The Hall–Kier alpha value is -1.33. The standard InChI is InChI=1S/C12H10BrNO2S/c13-9-5-1-3-7-11(9)17(15,16)12-8-4-2-6-10(12)14/h1-8H,14H2. The third-order valence-corrected chi connectivity index (χ3v) is 5.17. The first-order valence-electron chi connectivity index (χ1n) is 4.87. The normalized spacial score (nSPS) is 11.4. The molecule has 0 aliphatic rings. The molecule has 88 valence electrons. The molecule has 2 N–H and O–H groups in total. The third kappa shape index (κ3) is 2.21. The van der Waals surface area contributed by atoms with Gasteiger partial charge < -0.3 is 5.73 Å². The average molecular weight is 312 g/mol. The van der Waals surface area contributed by atoms with E-state index in [1.165, 1.54) is 6.07 Å². The summed E-state index contributed by atoms with van der Waals surface area (Å²) in [7, 11) is -3.57. The number of nitrogens with two attached hydrogens (primary N) is 1. The molecule has 0 aliphatic heterocycles. The summed E-state index contributed by atoms with van der Waals surface area (Å²) < 4.78 is 25.3. The quantitative estimate of drug-likeness (QED) is 0.868. The van der Waals surface area contributed by atoms with Crippen LogP contribution in [0.5, 0.6) is 0 Å². The van der Waals surface area contributed by atoms with E-state index in [-0.39, 0.29) is 15.5 Å². The van der Waals surface area contributed by atoms with Crippen molar-refractivity contribution in [2.24, 2.45) is 0 Å². The van der Waals surface area contributed by atoms with Gasteiger partial charge in [-0.25, -0.2) is 8.42 Å². The van der Waals surface area contributed by atoms with Crippen LogP contribution in [0.2, 0.25) is 0 Å². The number of halogens is 1. The lowest BCUT2D eigenvalue weighted by Gasteiger charge is -2.08. The van der Waals surface area contributed by atoms with Gasteiger partial charge in [0.2, 0.25) is 9.84 Å². The van der Waals surface area contributed by atoms with Crippen molar-refractivity contribution in [1.29, 1.82) is 0 Å². The van der Waals surface area contributed by atoms with Gasteiger partial charge in [-0.3, -0.25) is 0 Å². The second-order valence-electron chi connectivity index (χ2n) is 3.47. The number of hydrogen-bond acceptors (Lipinski definition) is 3. The molecule has 2 aromatic rings. The second-order valence-corrected chi connectivity index (χ2v) is 6.21. The Bertz CT molecular complexity index is 602. The van der Waals surface area contributed by atoms with E-state index in [1.54, 1.807) is 42.5 Å². The van der Waals surface area contributed by atoms with E-state index in [9.17, 15) is 8.42 Å². The summed E-state index contributed by atoms with van der Waals surface area (Å²) in [6, 6.07) is 13.1. The van der Waals surface area contributed by atoms with E-state index in [1.807, 2.05) is 0 Å². The Morgan fingerprint density at radius 1 is 0.882 bits per heavy atom. The molecule has 0 aromatic heterocycles. The summed E-state index contributed by atoms with van der Waals surface area (Å²) in [4.78, 5) is 0.352. The Morgan fingerprint density at radius 2 is 1.41 bits per heavy atom. The summed E-state index contributed by atoms with van der Waals surface area (Å²) in [6.07, 6.45) is 0. The van der Waals surface area contributed by atoms with Crippen molar-refractivity contribution >= 4 is 31.5 Å². The van der Waals surface area contributed by atoms with Crippen LogP contribution in [0.25, 0.3) is 0 Å². The average Bonchev–Trinajstić information content (AvgIpc) is 2.29. The maximum atomic E-state index is 12.4. The van der Waals surface area contributed by atoms with Crippen LogP contribution in [0.15, 0.2) is 62.8 Å². The van der Waals surface area contributed by atoms with Crippen molar-refractivity contribution in [3.63, 3.8) is 0 Å². The zero-order valence-corrected chi connectivity index (χ0v) is 11.2. The molecular formula is C12H10BrNO2S. The monoisotopic (exact) mass is 311 g/mol. The molecule has 0 fully saturated rings. The first kappa shape index (κ1) is 12.1. The fourth-order valence-corrected chi connectivity index (χ4v) is 3.89. The molecule has 3 nitrogen and oxygen atoms in total. The number of sulfone groups is 1. The van der Waals surface area contributed by atoms with E-state index < -0.39 is 9.84 Å². The minimum atomic E-state index is -3.57. The van der Waals surface area contributed by atoms with E-state index >= 15 is 0 Å². The topological polar surface area (TPSA) is 60.2 Å². The first-order valence-corrected chi connectivity index (χ1v) is 7.15. The van der Waals surface area contributed by atoms with Gasteiger partial charge in [0.25, 0.3) is 0 Å².